The van der Waals surface area contributed by atoms with Crippen LogP contribution in [0.5, 0.6) is 5.75 Å². The van der Waals surface area contributed by atoms with Crippen LogP contribution in [0.3, 0.4) is 0 Å². The van der Waals surface area contributed by atoms with Gasteiger partial charge in [-0.2, -0.15) is 0 Å². The van der Waals surface area contributed by atoms with E-state index in [4.69, 9.17) is 5.11 Å². The first-order chi connectivity index (χ1) is 10.1. The summed E-state index contributed by atoms with van der Waals surface area (Å²) in [7, 11) is 0. The lowest BCUT2D eigenvalue weighted by Crippen LogP contribution is -2.27. The zero-order valence-electron chi connectivity index (χ0n) is 13.1. The average Bonchev–Trinajstić information content (AvgIpc) is 2.37. The maximum absolute atomic E-state index is 12.2. The number of phenolic OH excluding ortho intramolecular Hbond substituents is 1. The molecule has 0 saturated heterocycles. The minimum absolute atomic E-state index is 0.0784. The lowest BCUT2D eigenvalue weighted by molar-refractivity contribution is 0.0397. The largest absolute Gasteiger partial charge is 0.507 e. The molecule has 0 bridgehead atoms. The van der Waals surface area contributed by atoms with Crippen LogP contribution in [-0.2, 0) is 0 Å². The van der Waals surface area contributed by atoms with E-state index in [2.05, 4.69) is 0 Å². The predicted molar refractivity (Wildman–Crippen MR) is 83.3 cm³/mol. The first-order valence-electron chi connectivity index (χ1n) is 7.07. The van der Waals surface area contributed by atoms with E-state index in [1.807, 2.05) is 19.9 Å². The van der Waals surface area contributed by atoms with Crippen LogP contribution in [0, 0.1) is 0 Å². The number of carboxylic acid groups (broad SMARTS) is 1. The highest BCUT2D eigenvalue weighted by Gasteiger charge is 2.26. The zero-order valence-corrected chi connectivity index (χ0v) is 13.1. The maximum atomic E-state index is 12.2. The van der Waals surface area contributed by atoms with Gasteiger partial charge in [0, 0.05) is 6.42 Å². The SMILES string of the molecule is CC(C)=CCC[C@@](C)(O)CC(=O)c1cc(C(=O)O)ccc1O. The number of aromatic hydroxyl groups is 1. The summed E-state index contributed by atoms with van der Waals surface area (Å²) in [6, 6.07) is 3.53. The number of Topliss-reactive ketones (excluding diaryl/α,β-unsaturated/α-hetero) is 1. The molecule has 0 fully saturated rings. The molecule has 0 unspecified atom stereocenters. The number of rotatable bonds is 7. The summed E-state index contributed by atoms with van der Waals surface area (Å²) in [4.78, 5) is 23.2. The Kier molecular flexibility index (Phi) is 5.88. The molecule has 5 heteroatoms. The second kappa shape index (κ2) is 7.22. The number of allylic oxidation sites excluding steroid dienone is 2. The van der Waals surface area contributed by atoms with Crippen molar-refractivity contribution in [1.29, 1.82) is 0 Å². The summed E-state index contributed by atoms with van der Waals surface area (Å²) in [5.74, 6) is -1.94. The number of carboxylic acids is 1. The molecule has 0 heterocycles. The van der Waals surface area contributed by atoms with Crippen LogP contribution in [0.15, 0.2) is 29.8 Å². The normalized spacial score (nSPS) is 13.3. The van der Waals surface area contributed by atoms with Gasteiger partial charge in [-0.3, -0.25) is 4.79 Å². The average molecular weight is 306 g/mol. The standard InChI is InChI=1S/C17H22O5/c1-11(2)5-4-8-17(3,22)10-15(19)13-9-12(16(20)21)6-7-14(13)18/h5-7,9,18,22H,4,8,10H2,1-3H3,(H,20,21)/t17-/m1/s1. The molecule has 120 valence electrons. The molecule has 1 rings (SSSR count). The monoisotopic (exact) mass is 306 g/mol. The molecule has 0 aromatic heterocycles. The number of hydrogen-bond donors (Lipinski definition) is 3. The van der Waals surface area contributed by atoms with Crippen molar-refractivity contribution in [1.82, 2.24) is 0 Å². The summed E-state index contributed by atoms with van der Waals surface area (Å²) >= 11 is 0. The molecule has 1 aromatic carbocycles. The number of aliphatic hydroxyl groups is 1. The number of hydrogen-bond acceptors (Lipinski definition) is 4. The fourth-order valence-electron chi connectivity index (χ4n) is 2.09. The van der Waals surface area contributed by atoms with E-state index in [0.717, 1.165) is 11.6 Å². The molecule has 0 spiro atoms. The second-order valence-electron chi connectivity index (χ2n) is 5.95. The van der Waals surface area contributed by atoms with Crippen LogP contribution in [0.1, 0.15) is 60.7 Å². The molecule has 3 N–H and O–H groups in total. The molecule has 1 atom stereocenters. The molecule has 0 aliphatic rings. The summed E-state index contributed by atoms with van der Waals surface area (Å²) in [5.41, 5.74) is -0.240. The Balaban J connectivity index is 2.86. The molecule has 0 radical (unpaired) electrons. The van der Waals surface area contributed by atoms with Crippen molar-refractivity contribution in [3.63, 3.8) is 0 Å². The van der Waals surface area contributed by atoms with E-state index in [-0.39, 0.29) is 23.3 Å². The van der Waals surface area contributed by atoms with Crippen LogP contribution in [-0.4, -0.2) is 32.7 Å². The van der Waals surface area contributed by atoms with Gasteiger partial charge in [-0.1, -0.05) is 11.6 Å². The molecule has 0 aliphatic carbocycles. The lowest BCUT2D eigenvalue weighted by Gasteiger charge is -2.22. The van der Waals surface area contributed by atoms with Gasteiger partial charge in [0.1, 0.15) is 5.75 Å². The van der Waals surface area contributed by atoms with Gasteiger partial charge in [0.15, 0.2) is 5.78 Å². The van der Waals surface area contributed by atoms with E-state index in [9.17, 15) is 19.8 Å². The Morgan fingerprint density at radius 1 is 1.27 bits per heavy atom. The van der Waals surface area contributed by atoms with Gasteiger partial charge in [0.05, 0.1) is 16.7 Å². The van der Waals surface area contributed by atoms with Gasteiger partial charge in [-0.05, 0) is 51.8 Å². The van der Waals surface area contributed by atoms with Crippen molar-refractivity contribution >= 4 is 11.8 Å². The van der Waals surface area contributed by atoms with Gasteiger partial charge in [-0.25, -0.2) is 4.79 Å². The molecule has 0 aliphatic heterocycles. The van der Waals surface area contributed by atoms with E-state index in [1.165, 1.54) is 12.1 Å². The molecule has 0 amide bonds. The number of phenols is 1. The van der Waals surface area contributed by atoms with Crippen molar-refractivity contribution in [3.05, 3.63) is 41.0 Å². The highest BCUT2D eigenvalue weighted by atomic mass is 16.4. The molecular weight excluding hydrogens is 284 g/mol. The van der Waals surface area contributed by atoms with Crippen molar-refractivity contribution in [2.45, 2.75) is 45.6 Å². The number of carbonyl (C=O) groups excluding carboxylic acids is 1. The summed E-state index contributed by atoms with van der Waals surface area (Å²) in [6.45, 7) is 5.46. The molecule has 5 nitrogen and oxygen atoms in total. The smallest absolute Gasteiger partial charge is 0.335 e. The summed E-state index contributed by atoms with van der Waals surface area (Å²) in [5, 5.41) is 28.9. The molecule has 22 heavy (non-hydrogen) atoms. The Labute approximate surface area is 129 Å². The Hall–Kier alpha value is -2.14. The van der Waals surface area contributed by atoms with Crippen LogP contribution < -0.4 is 0 Å². The van der Waals surface area contributed by atoms with Gasteiger partial charge in [-0.15, -0.1) is 0 Å². The first-order valence-corrected chi connectivity index (χ1v) is 7.07. The third-order valence-corrected chi connectivity index (χ3v) is 3.32. The number of benzene rings is 1. The highest BCUT2D eigenvalue weighted by molar-refractivity contribution is 6.01. The van der Waals surface area contributed by atoms with E-state index >= 15 is 0 Å². The van der Waals surface area contributed by atoms with Crippen molar-refractivity contribution in [2.75, 3.05) is 0 Å². The van der Waals surface area contributed by atoms with Crippen molar-refractivity contribution in [3.8, 4) is 5.75 Å². The highest BCUT2D eigenvalue weighted by Crippen LogP contribution is 2.25. The zero-order chi connectivity index (χ0) is 16.9. The first kappa shape index (κ1) is 17.9. The van der Waals surface area contributed by atoms with Crippen LogP contribution in [0.25, 0.3) is 0 Å². The third-order valence-electron chi connectivity index (χ3n) is 3.32. The fourth-order valence-corrected chi connectivity index (χ4v) is 2.09. The summed E-state index contributed by atoms with van der Waals surface area (Å²) < 4.78 is 0. The minimum Gasteiger partial charge on any atom is -0.507 e. The van der Waals surface area contributed by atoms with Crippen molar-refractivity contribution < 1.29 is 24.9 Å². The van der Waals surface area contributed by atoms with Gasteiger partial charge >= 0.3 is 5.97 Å². The van der Waals surface area contributed by atoms with Gasteiger partial charge < -0.3 is 15.3 Å². The number of carbonyl (C=O) groups is 2. The van der Waals surface area contributed by atoms with Gasteiger partial charge in [0.25, 0.3) is 0 Å². The minimum atomic E-state index is -1.21. The number of ketones is 1. The molecule has 1 aromatic rings. The second-order valence-corrected chi connectivity index (χ2v) is 5.95. The van der Waals surface area contributed by atoms with Crippen LogP contribution >= 0.6 is 0 Å². The summed E-state index contributed by atoms with van der Waals surface area (Å²) in [6.07, 6.45) is 2.84. The van der Waals surface area contributed by atoms with Crippen molar-refractivity contribution in [2.24, 2.45) is 0 Å². The van der Waals surface area contributed by atoms with E-state index < -0.39 is 17.4 Å². The molecule has 0 saturated carbocycles. The molecular formula is C17H22O5. The fraction of sp³-hybridized carbons (Fsp3) is 0.412. The Bertz CT molecular complexity index is 595. The van der Waals surface area contributed by atoms with Crippen LogP contribution in [0.4, 0.5) is 0 Å². The maximum Gasteiger partial charge on any atom is 0.335 e. The van der Waals surface area contributed by atoms with Gasteiger partial charge in [0.2, 0.25) is 0 Å². The third kappa shape index (κ3) is 5.33. The Morgan fingerprint density at radius 2 is 1.91 bits per heavy atom. The lowest BCUT2D eigenvalue weighted by atomic mass is 9.90. The van der Waals surface area contributed by atoms with E-state index in [1.54, 1.807) is 6.92 Å². The predicted octanol–water partition coefficient (Wildman–Crippen LogP) is 3.16. The van der Waals surface area contributed by atoms with E-state index in [0.29, 0.717) is 12.8 Å². The Morgan fingerprint density at radius 3 is 2.45 bits per heavy atom. The number of aromatic carboxylic acids is 1. The van der Waals surface area contributed by atoms with Crippen LogP contribution in [0.2, 0.25) is 0 Å². The quantitative estimate of drug-likeness (QED) is 0.531. The topological polar surface area (TPSA) is 94.8 Å².